The van der Waals surface area contributed by atoms with Crippen molar-refractivity contribution in [1.82, 2.24) is 4.90 Å². The first-order chi connectivity index (χ1) is 10.1. The summed E-state index contributed by atoms with van der Waals surface area (Å²) in [6.07, 6.45) is 0. The van der Waals surface area contributed by atoms with Crippen LogP contribution in [0.25, 0.3) is 0 Å². The Hall–Kier alpha value is -1.45. The van der Waals surface area contributed by atoms with Crippen LogP contribution in [0.1, 0.15) is 11.1 Å². The Balaban J connectivity index is 1.91. The van der Waals surface area contributed by atoms with Gasteiger partial charge in [0.05, 0.1) is 10.8 Å². The highest BCUT2D eigenvalue weighted by atomic mass is 35.5. The molecule has 2 aromatic rings. The molecule has 0 radical (unpaired) electrons. The number of benzene rings is 2. The minimum atomic E-state index is 0.100. The van der Waals surface area contributed by atoms with Gasteiger partial charge in [-0.2, -0.15) is 0 Å². The van der Waals surface area contributed by atoms with Gasteiger partial charge in [0.15, 0.2) is 0 Å². The summed E-state index contributed by atoms with van der Waals surface area (Å²) in [6, 6.07) is 15.7. The van der Waals surface area contributed by atoms with Crippen molar-refractivity contribution in [3.8, 4) is 0 Å². The van der Waals surface area contributed by atoms with Gasteiger partial charge in [-0.15, -0.1) is 11.8 Å². The van der Waals surface area contributed by atoms with Crippen molar-refractivity contribution in [3.63, 3.8) is 0 Å². The molecule has 110 valence electrons. The highest BCUT2D eigenvalue weighted by Gasteiger charge is 2.11. The lowest BCUT2D eigenvalue weighted by Gasteiger charge is -2.18. The fourth-order valence-corrected chi connectivity index (χ4v) is 3.12. The third-order valence-corrected chi connectivity index (χ3v) is 4.78. The van der Waals surface area contributed by atoms with Crippen LogP contribution in [0.15, 0.2) is 53.4 Å². The summed E-state index contributed by atoms with van der Waals surface area (Å²) in [7, 11) is 1.84. The van der Waals surface area contributed by atoms with E-state index in [2.05, 4.69) is 19.1 Å². The molecule has 0 heterocycles. The van der Waals surface area contributed by atoms with Crippen molar-refractivity contribution < 1.29 is 4.79 Å². The average Bonchev–Trinajstić information content (AvgIpc) is 2.48. The van der Waals surface area contributed by atoms with Crippen LogP contribution in [0.3, 0.4) is 0 Å². The van der Waals surface area contributed by atoms with E-state index in [0.29, 0.717) is 17.3 Å². The van der Waals surface area contributed by atoms with Crippen LogP contribution in [0.5, 0.6) is 0 Å². The maximum atomic E-state index is 12.2. The van der Waals surface area contributed by atoms with Crippen molar-refractivity contribution in [3.05, 3.63) is 64.7 Å². The van der Waals surface area contributed by atoms with Gasteiger partial charge < -0.3 is 4.90 Å². The lowest BCUT2D eigenvalue weighted by molar-refractivity contribution is -0.127. The van der Waals surface area contributed by atoms with Crippen LogP contribution in [0.4, 0.5) is 0 Å². The molecule has 0 saturated carbocycles. The zero-order chi connectivity index (χ0) is 15.2. The van der Waals surface area contributed by atoms with E-state index in [1.165, 1.54) is 22.9 Å². The second kappa shape index (κ2) is 7.53. The van der Waals surface area contributed by atoms with Crippen LogP contribution in [-0.4, -0.2) is 23.6 Å². The van der Waals surface area contributed by atoms with E-state index in [1.54, 1.807) is 4.90 Å². The fraction of sp³-hybridized carbons (Fsp3) is 0.235. The Labute approximate surface area is 135 Å². The molecule has 21 heavy (non-hydrogen) atoms. The maximum absolute atomic E-state index is 12.2. The van der Waals surface area contributed by atoms with Gasteiger partial charge in [0, 0.05) is 18.5 Å². The Bertz CT molecular complexity index is 630. The van der Waals surface area contributed by atoms with Gasteiger partial charge in [-0.05, 0) is 30.2 Å². The number of carbonyl (C=O) groups excluding carboxylic acids is 1. The van der Waals surface area contributed by atoms with Crippen LogP contribution in [0, 0.1) is 6.92 Å². The molecule has 0 saturated heterocycles. The first kappa shape index (κ1) is 15.9. The zero-order valence-corrected chi connectivity index (χ0v) is 13.7. The van der Waals surface area contributed by atoms with Crippen molar-refractivity contribution in [2.45, 2.75) is 18.4 Å². The van der Waals surface area contributed by atoms with Crippen molar-refractivity contribution >= 4 is 29.3 Å². The number of amides is 1. The van der Waals surface area contributed by atoms with E-state index in [1.807, 2.05) is 43.4 Å². The summed E-state index contributed by atoms with van der Waals surface area (Å²) in [5.41, 5.74) is 2.38. The first-order valence-corrected chi connectivity index (χ1v) is 8.10. The number of rotatable bonds is 5. The summed E-state index contributed by atoms with van der Waals surface area (Å²) in [5.74, 6) is 0.495. The van der Waals surface area contributed by atoms with E-state index < -0.39 is 0 Å². The van der Waals surface area contributed by atoms with Gasteiger partial charge in [0.2, 0.25) is 5.91 Å². The molecule has 2 rings (SSSR count). The molecule has 0 aliphatic carbocycles. The topological polar surface area (TPSA) is 20.3 Å². The van der Waals surface area contributed by atoms with Crippen LogP contribution in [-0.2, 0) is 11.3 Å². The van der Waals surface area contributed by atoms with Gasteiger partial charge in [-0.3, -0.25) is 4.79 Å². The molecule has 0 atom stereocenters. The highest BCUT2D eigenvalue weighted by molar-refractivity contribution is 8.00. The highest BCUT2D eigenvalue weighted by Crippen LogP contribution is 2.26. The zero-order valence-electron chi connectivity index (χ0n) is 12.2. The molecule has 0 bridgehead atoms. The summed E-state index contributed by atoms with van der Waals surface area (Å²) in [5, 5.41) is 0.692. The number of aryl methyl sites for hydroxylation is 1. The predicted molar refractivity (Wildman–Crippen MR) is 89.8 cm³/mol. The summed E-state index contributed by atoms with van der Waals surface area (Å²) in [4.78, 5) is 14.9. The lowest BCUT2D eigenvalue weighted by Crippen LogP contribution is -2.28. The third-order valence-electron chi connectivity index (χ3n) is 3.28. The second-order valence-electron chi connectivity index (χ2n) is 4.90. The van der Waals surface area contributed by atoms with Crippen LogP contribution >= 0.6 is 23.4 Å². The Kier molecular flexibility index (Phi) is 5.71. The summed E-state index contributed by atoms with van der Waals surface area (Å²) >= 11 is 7.57. The summed E-state index contributed by atoms with van der Waals surface area (Å²) < 4.78 is 0. The molecule has 0 N–H and O–H groups in total. The molecule has 0 aliphatic heterocycles. The number of hydrogen-bond donors (Lipinski definition) is 0. The largest absolute Gasteiger partial charge is 0.341 e. The van der Waals surface area contributed by atoms with E-state index in [9.17, 15) is 4.79 Å². The molecule has 0 spiro atoms. The SMILES string of the molecule is Cc1ccccc1CN(C)C(=O)CSc1ccccc1Cl. The van der Waals surface area contributed by atoms with Crippen LogP contribution in [0.2, 0.25) is 5.02 Å². The Morgan fingerprint density at radius 2 is 1.81 bits per heavy atom. The standard InChI is InChI=1S/C17H18ClNOS/c1-13-7-3-4-8-14(13)11-19(2)17(20)12-21-16-10-6-5-9-15(16)18/h3-10H,11-12H2,1-2H3. The number of hydrogen-bond acceptors (Lipinski definition) is 2. The maximum Gasteiger partial charge on any atom is 0.232 e. The van der Waals surface area contributed by atoms with Crippen molar-refractivity contribution in [2.75, 3.05) is 12.8 Å². The fourth-order valence-electron chi connectivity index (χ4n) is 1.94. The van der Waals surface area contributed by atoms with Gasteiger partial charge in [0.1, 0.15) is 0 Å². The smallest absolute Gasteiger partial charge is 0.232 e. The number of halogens is 1. The normalized spacial score (nSPS) is 10.4. The molecule has 0 aromatic heterocycles. The Morgan fingerprint density at radius 1 is 1.14 bits per heavy atom. The number of carbonyl (C=O) groups is 1. The van der Waals surface area contributed by atoms with Gasteiger partial charge in [0.25, 0.3) is 0 Å². The molecule has 0 aliphatic rings. The average molecular weight is 320 g/mol. The predicted octanol–water partition coefficient (Wildman–Crippen LogP) is 4.40. The van der Waals surface area contributed by atoms with Crippen molar-refractivity contribution in [1.29, 1.82) is 0 Å². The Morgan fingerprint density at radius 3 is 2.52 bits per heavy atom. The first-order valence-electron chi connectivity index (χ1n) is 6.73. The molecule has 0 fully saturated rings. The molecule has 1 amide bonds. The quantitative estimate of drug-likeness (QED) is 0.761. The van der Waals surface area contributed by atoms with E-state index in [0.717, 1.165) is 4.90 Å². The van der Waals surface area contributed by atoms with Gasteiger partial charge in [-0.25, -0.2) is 0 Å². The van der Waals surface area contributed by atoms with Gasteiger partial charge in [-0.1, -0.05) is 48.0 Å². The van der Waals surface area contributed by atoms with Crippen LogP contribution < -0.4 is 0 Å². The lowest BCUT2D eigenvalue weighted by atomic mass is 10.1. The molecule has 4 heteroatoms. The number of thioether (sulfide) groups is 1. The molecular formula is C17H18ClNOS. The van der Waals surface area contributed by atoms with Gasteiger partial charge >= 0.3 is 0 Å². The molecule has 2 nitrogen and oxygen atoms in total. The minimum Gasteiger partial charge on any atom is -0.341 e. The molecule has 0 unspecified atom stereocenters. The number of nitrogens with zero attached hydrogens (tertiary/aromatic N) is 1. The minimum absolute atomic E-state index is 0.100. The second-order valence-corrected chi connectivity index (χ2v) is 6.32. The third kappa shape index (κ3) is 4.51. The molecule has 2 aromatic carbocycles. The molecular weight excluding hydrogens is 302 g/mol. The van der Waals surface area contributed by atoms with E-state index in [4.69, 9.17) is 11.6 Å². The summed E-state index contributed by atoms with van der Waals surface area (Å²) in [6.45, 7) is 2.70. The van der Waals surface area contributed by atoms with E-state index >= 15 is 0 Å². The van der Waals surface area contributed by atoms with E-state index in [-0.39, 0.29) is 5.91 Å². The monoisotopic (exact) mass is 319 g/mol. The van der Waals surface area contributed by atoms with Crippen molar-refractivity contribution in [2.24, 2.45) is 0 Å².